The summed E-state index contributed by atoms with van der Waals surface area (Å²) < 4.78 is 0. The quantitative estimate of drug-likeness (QED) is 0.582. The molecule has 0 bridgehead atoms. The number of carbonyl (C=O) groups is 1. The van der Waals surface area contributed by atoms with Crippen LogP contribution >= 0.6 is 0 Å². The molecule has 0 aliphatic rings. The molecule has 0 unspecified atom stereocenters. The van der Waals surface area contributed by atoms with E-state index in [4.69, 9.17) is 0 Å². The number of hydrogen-bond donors (Lipinski definition) is 3. The van der Waals surface area contributed by atoms with E-state index in [1.54, 1.807) is 24.3 Å². The second-order valence-corrected chi connectivity index (χ2v) is 4.58. The van der Waals surface area contributed by atoms with Gasteiger partial charge in [0, 0.05) is 11.3 Å². The lowest BCUT2D eigenvalue weighted by Crippen LogP contribution is -2.25. The van der Waals surface area contributed by atoms with Crippen LogP contribution < -0.4 is 10.7 Å². The molecular weight excluding hydrogens is 266 g/mol. The molecule has 5 heteroatoms. The minimum Gasteiger partial charge on any atom is -0.507 e. The van der Waals surface area contributed by atoms with Crippen LogP contribution in [0, 0.1) is 6.92 Å². The highest BCUT2D eigenvalue weighted by atomic mass is 16.3. The number of para-hydroxylation sites is 1. The van der Waals surface area contributed by atoms with Crippen molar-refractivity contribution in [3.8, 4) is 5.75 Å². The number of aromatic hydroxyl groups is 1. The lowest BCUT2D eigenvalue weighted by atomic mass is 10.2. The van der Waals surface area contributed by atoms with Gasteiger partial charge in [-0.25, -0.2) is 5.43 Å². The first-order chi connectivity index (χ1) is 10.1. The Balaban J connectivity index is 1.81. The van der Waals surface area contributed by atoms with Crippen LogP contribution in [0.25, 0.3) is 0 Å². The van der Waals surface area contributed by atoms with Gasteiger partial charge in [0.15, 0.2) is 0 Å². The van der Waals surface area contributed by atoms with Crippen LogP contribution in [0.4, 0.5) is 5.69 Å². The Bertz CT molecular complexity index is 653. The molecule has 0 aliphatic heterocycles. The maximum absolute atomic E-state index is 11.6. The number of hydrogen-bond acceptors (Lipinski definition) is 4. The summed E-state index contributed by atoms with van der Waals surface area (Å²) >= 11 is 0. The van der Waals surface area contributed by atoms with E-state index in [-0.39, 0.29) is 18.2 Å². The summed E-state index contributed by atoms with van der Waals surface area (Å²) in [4.78, 5) is 11.6. The van der Waals surface area contributed by atoms with Crippen molar-refractivity contribution in [1.29, 1.82) is 0 Å². The molecule has 0 saturated carbocycles. The summed E-state index contributed by atoms with van der Waals surface area (Å²) in [6.45, 7) is 2.11. The molecule has 0 fully saturated rings. The van der Waals surface area contributed by atoms with Crippen LogP contribution in [0.2, 0.25) is 0 Å². The zero-order valence-electron chi connectivity index (χ0n) is 11.7. The smallest absolute Gasteiger partial charge is 0.259 e. The average Bonchev–Trinajstić information content (AvgIpc) is 2.47. The van der Waals surface area contributed by atoms with Crippen molar-refractivity contribution >= 4 is 17.8 Å². The Kier molecular flexibility index (Phi) is 4.93. The second kappa shape index (κ2) is 7.09. The predicted molar refractivity (Wildman–Crippen MR) is 83.5 cm³/mol. The molecule has 2 aromatic rings. The van der Waals surface area contributed by atoms with Crippen LogP contribution in [-0.4, -0.2) is 23.8 Å². The minimum absolute atomic E-state index is 0.119. The molecule has 21 heavy (non-hydrogen) atoms. The molecular formula is C16H17N3O2. The highest BCUT2D eigenvalue weighted by Crippen LogP contribution is 2.12. The number of phenolic OH excluding ortho intramolecular Hbond substituents is 1. The Morgan fingerprint density at radius 2 is 2.05 bits per heavy atom. The number of hydrazone groups is 1. The monoisotopic (exact) mass is 283 g/mol. The SMILES string of the molecule is Cc1cccc(NCC(=O)N/N=C/c2ccccc2O)c1. The van der Waals surface area contributed by atoms with E-state index >= 15 is 0 Å². The molecule has 0 heterocycles. The van der Waals surface area contributed by atoms with Gasteiger partial charge in [-0.15, -0.1) is 0 Å². The lowest BCUT2D eigenvalue weighted by molar-refractivity contribution is -0.119. The van der Waals surface area contributed by atoms with E-state index in [2.05, 4.69) is 15.8 Å². The molecule has 0 radical (unpaired) electrons. The Hall–Kier alpha value is -2.82. The van der Waals surface area contributed by atoms with Crippen molar-refractivity contribution in [2.24, 2.45) is 5.10 Å². The molecule has 2 rings (SSSR count). The Morgan fingerprint density at radius 3 is 2.81 bits per heavy atom. The summed E-state index contributed by atoms with van der Waals surface area (Å²) in [5.74, 6) is -0.142. The Morgan fingerprint density at radius 1 is 1.24 bits per heavy atom. The largest absolute Gasteiger partial charge is 0.507 e. The number of nitrogens with one attached hydrogen (secondary N) is 2. The molecule has 3 N–H and O–H groups in total. The van der Waals surface area contributed by atoms with Crippen molar-refractivity contribution in [2.45, 2.75) is 6.92 Å². The molecule has 0 spiro atoms. The second-order valence-electron chi connectivity index (χ2n) is 4.58. The van der Waals surface area contributed by atoms with E-state index in [0.717, 1.165) is 11.3 Å². The van der Waals surface area contributed by atoms with Crippen LogP contribution in [0.1, 0.15) is 11.1 Å². The first-order valence-corrected chi connectivity index (χ1v) is 6.55. The number of benzene rings is 2. The molecule has 5 nitrogen and oxygen atoms in total. The standard InChI is InChI=1S/C16H17N3O2/c1-12-5-4-7-14(9-12)17-11-16(21)19-18-10-13-6-2-3-8-15(13)20/h2-10,17,20H,11H2,1H3,(H,19,21)/b18-10+. The number of phenols is 1. The van der Waals surface area contributed by atoms with Crippen LogP contribution in [0.5, 0.6) is 5.75 Å². The normalized spacial score (nSPS) is 10.5. The van der Waals surface area contributed by atoms with Gasteiger partial charge in [0.2, 0.25) is 0 Å². The van der Waals surface area contributed by atoms with E-state index in [9.17, 15) is 9.90 Å². The van der Waals surface area contributed by atoms with Gasteiger partial charge in [0.25, 0.3) is 5.91 Å². The first-order valence-electron chi connectivity index (χ1n) is 6.55. The first kappa shape index (κ1) is 14.6. The van der Waals surface area contributed by atoms with Crippen molar-refractivity contribution in [3.63, 3.8) is 0 Å². The summed E-state index contributed by atoms with van der Waals surface area (Å²) in [5.41, 5.74) is 4.95. The third-order valence-electron chi connectivity index (χ3n) is 2.80. The zero-order chi connectivity index (χ0) is 15.1. The fraction of sp³-hybridized carbons (Fsp3) is 0.125. The van der Waals surface area contributed by atoms with Crippen molar-refractivity contribution in [2.75, 3.05) is 11.9 Å². The molecule has 0 atom stereocenters. The maximum atomic E-state index is 11.6. The summed E-state index contributed by atoms with van der Waals surface area (Å²) in [7, 11) is 0. The molecule has 0 saturated heterocycles. The Labute approximate surface area is 123 Å². The topological polar surface area (TPSA) is 73.7 Å². The molecule has 0 aromatic heterocycles. The van der Waals surface area contributed by atoms with E-state index < -0.39 is 0 Å². The average molecular weight is 283 g/mol. The third-order valence-corrected chi connectivity index (χ3v) is 2.80. The molecule has 108 valence electrons. The number of anilines is 1. The zero-order valence-corrected chi connectivity index (χ0v) is 11.7. The van der Waals surface area contributed by atoms with Gasteiger partial charge in [0.1, 0.15) is 5.75 Å². The fourth-order valence-corrected chi connectivity index (χ4v) is 1.75. The number of carbonyl (C=O) groups excluding carboxylic acids is 1. The van der Waals surface area contributed by atoms with Gasteiger partial charge >= 0.3 is 0 Å². The number of rotatable bonds is 5. The van der Waals surface area contributed by atoms with Crippen LogP contribution in [0.3, 0.4) is 0 Å². The van der Waals surface area contributed by atoms with Gasteiger partial charge in [-0.2, -0.15) is 5.10 Å². The van der Waals surface area contributed by atoms with E-state index in [1.165, 1.54) is 6.21 Å². The fourth-order valence-electron chi connectivity index (χ4n) is 1.75. The highest BCUT2D eigenvalue weighted by molar-refractivity contribution is 5.86. The van der Waals surface area contributed by atoms with Gasteiger partial charge in [0.05, 0.1) is 12.8 Å². The van der Waals surface area contributed by atoms with E-state index in [1.807, 2.05) is 31.2 Å². The maximum Gasteiger partial charge on any atom is 0.259 e. The van der Waals surface area contributed by atoms with Gasteiger partial charge in [-0.3, -0.25) is 4.79 Å². The van der Waals surface area contributed by atoms with Gasteiger partial charge in [-0.1, -0.05) is 24.3 Å². The van der Waals surface area contributed by atoms with Crippen molar-refractivity contribution in [3.05, 3.63) is 59.7 Å². The summed E-state index contributed by atoms with van der Waals surface area (Å²) in [6, 6.07) is 14.5. The predicted octanol–water partition coefficient (Wildman–Crippen LogP) is 2.26. The van der Waals surface area contributed by atoms with Crippen LogP contribution in [-0.2, 0) is 4.79 Å². The summed E-state index contributed by atoms with van der Waals surface area (Å²) in [5, 5.41) is 16.4. The van der Waals surface area contributed by atoms with Gasteiger partial charge in [-0.05, 0) is 36.8 Å². The van der Waals surface area contributed by atoms with Gasteiger partial charge < -0.3 is 10.4 Å². The van der Waals surface area contributed by atoms with Crippen molar-refractivity contribution in [1.82, 2.24) is 5.43 Å². The van der Waals surface area contributed by atoms with Crippen LogP contribution in [0.15, 0.2) is 53.6 Å². The third kappa shape index (κ3) is 4.65. The highest BCUT2D eigenvalue weighted by Gasteiger charge is 2.00. The summed E-state index contributed by atoms with van der Waals surface area (Å²) in [6.07, 6.45) is 1.40. The number of amides is 1. The van der Waals surface area contributed by atoms with Crippen molar-refractivity contribution < 1.29 is 9.90 Å². The number of aryl methyl sites for hydroxylation is 1. The lowest BCUT2D eigenvalue weighted by Gasteiger charge is -2.05. The minimum atomic E-state index is -0.261. The number of nitrogens with zero attached hydrogens (tertiary/aromatic N) is 1. The van der Waals surface area contributed by atoms with E-state index in [0.29, 0.717) is 5.56 Å². The molecule has 2 aromatic carbocycles. The molecule has 1 amide bonds. The molecule has 0 aliphatic carbocycles.